The fraction of sp³-hybridized carbons (Fsp3) is 0.250. The van der Waals surface area contributed by atoms with Gasteiger partial charge in [0.2, 0.25) is 0 Å². The number of carbonyl (C=O) groups excluding carboxylic acids is 2. The zero-order chi connectivity index (χ0) is 22.4. The summed E-state index contributed by atoms with van der Waals surface area (Å²) in [5.74, 6) is 0.444. The molecule has 162 valence electrons. The first-order valence-electron chi connectivity index (χ1n) is 10.6. The zero-order valence-corrected chi connectivity index (χ0v) is 18.2. The largest absolute Gasteiger partial charge is 0.357 e. The summed E-state index contributed by atoms with van der Waals surface area (Å²) >= 11 is 0. The number of rotatable bonds is 6. The highest BCUT2D eigenvalue weighted by molar-refractivity contribution is 6.11. The van der Waals surface area contributed by atoms with Crippen LogP contribution < -0.4 is 10.6 Å². The predicted octanol–water partition coefficient (Wildman–Crippen LogP) is 3.55. The van der Waals surface area contributed by atoms with E-state index < -0.39 is 0 Å². The molecular weight excluding hydrogens is 404 g/mol. The van der Waals surface area contributed by atoms with Crippen molar-refractivity contribution in [2.45, 2.75) is 32.7 Å². The van der Waals surface area contributed by atoms with Crippen LogP contribution in [0.15, 0.2) is 49.2 Å². The fourth-order valence-corrected chi connectivity index (χ4v) is 3.80. The smallest absolute Gasteiger partial charge is 0.251 e. The van der Waals surface area contributed by atoms with Gasteiger partial charge in [-0.1, -0.05) is 6.07 Å². The first-order valence-corrected chi connectivity index (χ1v) is 10.6. The molecule has 1 aliphatic rings. The van der Waals surface area contributed by atoms with Crippen LogP contribution in [0.1, 0.15) is 50.2 Å². The van der Waals surface area contributed by atoms with Crippen LogP contribution in [0.2, 0.25) is 0 Å². The summed E-state index contributed by atoms with van der Waals surface area (Å²) in [4.78, 5) is 30.0. The van der Waals surface area contributed by atoms with E-state index in [0.717, 1.165) is 35.2 Å². The highest BCUT2D eigenvalue weighted by atomic mass is 16.1. The van der Waals surface area contributed by atoms with Crippen LogP contribution in [0.25, 0.3) is 5.52 Å². The molecule has 1 amide bonds. The molecule has 0 atom stereocenters. The number of ketones is 1. The molecule has 2 N–H and O–H groups in total. The van der Waals surface area contributed by atoms with Crippen molar-refractivity contribution in [3.63, 3.8) is 0 Å². The van der Waals surface area contributed by atoms with Crippen LogP contribution in [-0.2, 0) is 7.05 Å². The monoisotopic (exact) mass is 428 g/mol. The summed E-state index contributed by atoms with van der Waals surface area (Å²) in [6.07, 6.45) is 8.92. The first kappa shape index (κ1) is 20.0. The Kier molecular flexibility index (Phi) is 4.77. The maximum Gasteiger partial charge on any atom is 0.251 e. The predicted molar refractivity (Wildman–Crippen MR) is 122 cm³/mol. The van der Waals surface area contributed by atoms with Crippen LogP contribution in [0.4, 0.5) is 11.5 Å². The number of fused-ring (bicyclic) bond motifs is 1. The third-order valence-corrected chi connectivity index (χ3v) is 5.83. The van der Waals surface area contributed by atoms with Crippen molar-refractivity contribution in [2.24, 2.45) is 7.05 Å². The van der Waals surface area contributed by atoms with Gasteiger partial charge in [-0.2, -0.15) is 5.10 Å². The second-order valence-corrected chi connectivity index (χ2v) is 8.37. The lowest BCUT2D eigenvalue weighted by Gasteiger charge is -2.12. The van der Waals surface area contributed by atoms with Gasteiger partial charge in [-0.05, 0) is 56.0 Å². The zero-order valence-electron chi connectivity index (χ0n) is 18.2. The van der Waals surface area contributed by atoms with Gasteiger partial charge in [-0.15, -0.1) is 0 Å². The van der Waals surface area contributed by atoms with Crippen LogP contribution in [0.3, 0.4) is 0 Å². The molecule has 0 spiro atoms. The first-order chi connectivity index (χ1) is 15.4. The number of benzene rings is 1. The maximum absolute atomic E-state index is 13.0. The lowest BCUT2D eigenvalue weighted by Crippen LogP contribution is -2.25. The Hall–Kier alpha value is -3.94. The maximum atomic E-state index is 13.0. The number of aromatic nitrogens is 4. The number of anilines is 2. The van der Waals surface area contributed by atoms with Crippen LogP contribution in [0, 0.1) is 13.8 Å². The third kappa shape index (κ3) is 3.64. The Morgan fingerprint density at radius 1 is 1.09 bits per heavy atom. The lowest BCUT2D eigenvalue weighted by molar-refractivity contribution is 0.0950. The molecule has 0 bridgehead atoms. The molecule has 0 unspecified atom stereocenters. The molecule has 32 heavy (non-hydrogen) atoms. The molecule has 8 nitrogen and oxygen atoms in total. The van der Waals surface area contributed by atoms with Gasteiger partial charge in [0, 0.05) is 54.1 Å². The van der Waals surface area contributed by atoms with E-state index in [1.165, 1.54) is 6.33 Å². The van der Waals surface area contributed by atoms with Crippen molar-refractivity contribution < 1.29 is 9.59 Å². The molecular formula is C24H24N6O2. The molecule has 0 saturated heterocycles. The minimum absolute atomic E-state index is 0.0607. The van der Waals surface area contributed by atoms with Crippen molar-refractivity contribution in [3.05, 3.63) is 77.0 Å². The number of amides is 1. The minimum Gasteiger partial charge on any atom is -0.357 e. The average Bonchev–Trinajstić information content (AvgIpc) is 3.37. The van der Waals surface area contributed by atoms with E-state index in [1.807, 2.05) is 49.9 Å². The normalized spacial score (nSPS) is 13.3. The van der Waals surface area contributed by atoms with Gasteiger partial charge in [0.25, 0.3) is 5.91 Å². The highest BCUT2D eigenvalue weighted by Gasteiger charge is 2.24. The molecule has 1 aromatic carbocycles. The van der Waals surface area contributed by atoms with E-state index in [-0.39, 0.29) is 11.7 Å². The molecule has 3 aromatic heterocycles. The molecule has 1 fully saturated rings. The summed E-state index contributed by atoms with van der Waals surface area (Å²) in [5, 5.41) is 10.7. The quantitative estimate of drug-likeness (QED) is 0.458. The minimum atomic E-state index is -0.0713. The van der Waals surface area contributed by atoms with E-state index in [0.29, 0.717) is 28.6 Å². The van der Waals surface area contributed by atoms with Crippen LogP contribution in [-0.4, -0.2) is 36.9 Å². The summed E-state index contributed by atoms with van der Waals surface area (Å²) in [6.45, 7) is 3.87. The van der Waals surface area contributed by atoms with Crippen molar-refractivity contribution in [1.82, 2.24) is 24.5 Å². The van der Waals surface area contributed by atoms with Crippen molar-refractivity contribution >= 4 is 28.7 Å². The highest BCUT2D eigenvalue weighted by Crippen LogP contribution is 2.29. The summed E-state index contributed by atoms with van der Waals surface area (Å²) in [5.41, 5.74) is 5.08. The van der Waals surface area contributed by atoms with E-state index in [4.69, 9.17) is 0 Å². The molecule has 4 aromatic rings. The molecule has 5 rings (SSSR count). The Morgan fingerprint density at radius 2 is 1.91 bits per heavy atom. The van der Waals surface area contributed by atoms with Crippen LogP contribution >= 0.6 is 0 Å². The topological polar surface area (TPSA) is 93.3 Å². The van der Waals surface area contributed by atoms with Gasteiger partial charge in [-0.25, -0.2) is 9.50 Å². The lowest BCUT2D eigenvalue weighted by atomic mass is 10.0. The standard InChI is InChI=1S/C24H24N6O2/c1-14-4-5-16(24(32)27-18-6-7-18)10-20(14)28-23-21-15(2)19(12-30(21)26-13-25-23)22(31)17-8-9-29(3)11-17/h4-5,8-13,18H,6-7H2,1-3H3,(H,27,32)(H,25,26,28). The second kappa shape index (κ2) is 7.64. The number of nitrogens with zero attached hydrogens (tertiary/aromatic N) is 4. The molecule has 0 radical (unpaired) electrons. The molecule has 1 aliphatic carbocycles. The number of aryl methyl sites for hydroxylation is 3. The van der Waals surface area contributed by atoms with E-state index in [9.17, 15) is 9.59 Å². The third-order valence-electron chi connectivity index (χ3n) is 5.83. The van der Waals surface area contributed by atoms with E-state index in [1.54, 1.807) is 23.0 Å². The van der Waals surface area contributed by atoms with Crippen molar-refractivity contribution in [3.8, 4) is 0 Å². The van der Waals surface area contributed by atoms with Gasteiger partial charge in [0.05, 0.1) is 0 Å². The average molecular weight is 428 g/mol. The number of hydrogen-bond donors (Lipinski definition) is 2. The Morgan fingerprint density at radius 3 is 2.62 bits per heavy atom. The van der Waals surface area contributed by atoms with E-state index >= 15 is 0 Å². The van der Waals surface area contributed by atoms with Gasteiger partial charge >= 0.3 is 0 Å². The summed E-state index contributed by atoms with van der Waals surface area (Å²) in [6, 6.07) is 7.67. The fourth-order valence-electron chi connectivity index (χ4n) is 3.80. The summed E-state index contributed by atoms with van der Waals surface area (Å²) in [7, 11) is 1.88. The van der Waals surface area contributed by atoms with Gasteiger partial charge < -0.3 is 15.2 Å². The number of nitrogens with one attached hydrogen (secondary N) is 2. The Bertz CT molecular complexity index is 1360. The molecule has 3 heterocycles. The second-order valence-electron chi connectivity index (χ2n) is 8.37. The Balaban J connectivity index is 1.50. The Labute approximate surface area is 185 Å². The van der Waals surface area contributed by atoms with Crippen LogP contribution in [0.5, 0.6) is 0 Å². The SMILES string of the molecule is Cc1ccc(C(=O)NC2CC2)cc1Nc1ncnn2cc(C(=O)c3ccn(C)c3)c(C)c12. The molecule has 8 heteroatoms. The number of carbonyl (C=O) groups is 2. The molecule has 0 aliphatic heterocycles. The van der Waals surface area contributed by atoms with Crippen molar-refractivity contribution in [1.29, 1.82) is 0 Å². The van der Waals surface area contributed by atoms with E-state index in [2.05, 4.69) is 20.7 Å². The van der Waals surface area contributed by atoms with Gasteiger partial charge in [-0.3, -0.25) is 9.59 Å². The summed E-state index contributed by atoms with van der Waals surface area (Å²) < 4.78 is 3.51. The van der Waals surface area contributed by atoms with Gasteiger partial charge in [0.15, 0.2) is 11.6 Å². The molecule has 1 saturated carbocycles. The van der Waals surface area contributed by atoms with Crippen molar-refractivity contribution in [2.75, 3.05) is 5.32 Å². The van der Waals surface area contributed by atoms with Gasteiger partial charge in [0.1, 0.15) is 11.8 Å². The number of hydrogen-bond acceptors (Lipinski definition) is 5.